The van der Waals surface area contributed by atoms with Gasteiger partial charge in [-0.25, -0.2) is 0 Å². The highest BCUT2D eigenvalue weighted by Crippen LogP contribution is 2.39. The first-order valence-electron chi connectivity index (χ1n) is 5.52. The molecule has 0 N–H and O–H groups in total. The van der Waals surface area contributed by atoms with E-state index in [1.165, 1.54) is 20.3 Å². The topological polar surface area (TPSA) is 87.9 Å². The Labute approximate surface area is 110 Å². The average molecular weight is 269 g/mol. The Bertz CT molecular complexity index is 497. The van der Waals surface area contributed by atoms with Crippen LogP contribution < -0.4 is 14.2 Å². The van der Waals surface area contributed by atoms with Gasteiger partial charge >= 0.3 is 11.7 Å². The summed E-state index contributed by atoms with van der Waals surface area (Å²) in [5.74, 6) is -0.678. The zero-order valence-electron chi connectivity index (χ0n) is 11.1. The van der Waals surface area contributed by atoms with E-state index in [1.807, 2.05) is 0 Å². The van der Waals surface area contributed by atoms with E-state index in [9.17, 15) is 14.9 Å². The molecule has 0 aliphatic rings. The number of nitro groups is 1. The number of hydrogen-bond donors (Lipinski definition) is 0. The van der Waals surface area contributed by atoms with E-state index in [2.05, 4.69) is 0 Å². The van der Waals surface area contributed by atoms with Crippen molar-refractivity contribution in [1.29, 1.82) is 0 Å². The van der Waals surface area contributed by atoms with Crippen LogP contribution in [0.15, 0.2) is 12.1 Å². The number of carbonyl (C=O) groups is 1. The van der Waals surface area contributed by atoms with E-state index in [4.69, 9.17) is 14.2 Å². The van der Waals surface area contributed by atoms with Gasteiger partial charge in [-0.2, -0.15) is 0 Å². The van der Waals surface area contributed by atoms with E-state index in [1.54, 1.807) is 13.8 Å². The molecular formula is C12H15NO6. The van der Waals surface area contributed by atoms with Crippen molar-refractivity contribution >= 4 is 11.7 Å². The molecule has 0 saturated heterocycles. The minimum absolute atomic E-state index is 0.165. The van der Waals surface area contributed by atoms with Crippen molar-refractivity contribution in [3.05, 3.63) is 22.2 Å². The number of nitrogens with zero attached hydrogens (tertiary/aromatic N) is 1. The summed E-state index contributed by atoms with van der Waals surface area (Å²) >= 11 is 0. The molecule has 0 unspecified atom stereocenters. The predicted molar refractivity (Wildman–Crippen MR) is 66.7 cm³/mol. The predicted octanol–water partition coefficient (Wildman–Crippen LogP) is 2.17. The van der Waals surface area contributed by atoms with E-state index < -0.39 is 16.8 Å². The molecule has 0 aliphatic carbocycles. The summed E-state index contributed by atoms with van der Waals surface area (Å²) < 4.78 is 15.0. The molecule has 0 aliphatic heterocycles. The maximum atomic E-state index is 11.5. The van der Waals surface area contributed by atoms with Gasteiger partial charge in [0.25, 0.3) is 0 Å². The standard InChI is InChI=1S/C12H15NO6/c1-7(2)12(14)19-9-6-11(18-4)10(17-3)5-8(9)13(15)16/h5-7H,1-4H3. The number of nitro benzene ring substituents is 1. The second-order valence-electron chi connectivity index (χ2n) is 4.01. The first-order chi connectivity index (χ1) is 8.90. The van der Waals surface area contributed by atoms with Crippen molar-refractivity contribution in [3.63, 3.8) is 0 Å². The Hall–Kier alpha value is -2.31. The summed E-state index contributed by atoms with van der Waals surface area (Å²) in [5.41, 5.74) is -0.355. The van der Waals surface area contributed by atoms with Crippen molar-refractivity contribution in [2.75, 3.05) is 14.2 Å². The maximum Gasteiger partial charge on any atom is 0.315 e. The van der Waals surface area contributed by atoms with Crippen LogP contribution in [0.25, 0.3) is 0 Å². The molecule has 104 valence electrons. The number of carbonyl (C=O) groups excluding carboxylic acids is 1. The normalized spacial score (nSPS) is 10.2. The number of esters is 1. The van der Waals surface area contributed by atoms with Crippen LogP contribution in [0.5, 0.6) is 17.2 Å². The molecule has 7 heteroatoms. The number of benzene rings is 1. The highest BCUT2D eigenvalue weighted by molar-refractivity contribution is 5.76. The van der Waals surface area contributed by atoms with Crippen molar-refractivity contribution < 1.29 is 23.9 Å². The lowest BCUT2D eigenvalue weighted by molar-refractivity contribution is -0.385. The van der Waals surface area contributed by atoms with Crippen LogP contribution in [-0.4, -0.2) is 25.1 Å². The third-order valence-corrected chi connectivity index (χ3v) is 2.34. The van der Waals surface area contributed by atoms with Crippen LogP contribution in [0, 0.1) is 16.0 Å². The lowest BCUT2D eigenvalue weighted by Crippen LogP contribution is -2.15. The Morgan fingerprint density at radius 2 is 1.68 bits per heavy atom. The SMILES string of the molecule is COc1cc(OC(=O)C(C)C)c([N+](=O)[O-])cc1OC. The molecule has 1 aromatic carbocycles. The van der Waals surface area contributed by atoms with Gasteiger partial charge in [0.2, 0.25) is 5.75 Å². The smallest absolute Gasteiger partial charge is 0.315 e. The van der Waals surface area contributed by atoms with Crippen LogP contribution in [0.3, 0.4) is 0 Å². The number of hydrogen-bond acceptors (Lipinski definition) is 6. The molecular weight excluding hydrogens is 254 g/mol. The van der Waals surface area contributed by atoms with Gasteiger partial charge < -0.3 is 14.2 Å². The van der Waals surface area contributed by atoms with Gasteiger partial charge in [-0.15, -0.1) is 0 Å². The molecule has 7 nitrogen and oxygen atoms in total. The van der Waals surface area contributed by atoms with E-state index in [-0.39, 0.29) is 22.9 Å². The molecule has 0 spiro atoms. The van der Waals surface area contributed by atoms with Crippen molar-refractivity contribution in [2.24, 2.45) is 5.92 Å². The van der Waals surface area contributed by atoms with Gasteiger partial charge in [-0.05, 0) is 0 Å². The lowest BCUT2D eigenvalue weighted by Gasteiger charge is -2.11. The fraction of sp³-hybridized carbons (Fsp3) is 0.417. The average Bonchev–Trinajstić information content (AvgIpc) is 2.37. The molecule has 19 heavy (non-hydrogen) atoms. The fourth-order valence-electron chi connectivity index (χ4n) is 1.30. The molecule has 0 atom stereocenters. The molecule has 1 aromatic rings. The second kappa shape index (κ2) is 6.03. The molecule has 0 bridgehead atoms. The third-order valence-electron chi connectivity index (χ3n) is 2.34. The molecule has 0 radical (unpaired) electrons. The van der Waals surface area contributed by atoms with Crippen molar-refractivity contribution in [2.45, 2.75) is 13.8 Å². The molecule has 0 fully saturated rings. The quantitative estimate of drug-likeness (QED) is 0.352. The summed E-state index contributed by atoms with van der Waals surface area (Å²) in [4.78, 5) is 21.8. The van der Waals surface area contributed by atoms with Crippen LogP contribution in [0.4, 0.5) is 5.69 Å². The van der Waals surface area contributed by atoms with Gasteiger partial charge in [0.15, 0.2) is 11.5 Å². The van der Waals surface area contributed by atoms with E-state index in [0.29, 0.717) is 0 Å². The van der Waals surface area contributed by atoms with Gasteiger partial charge in [-0.1, -0.05) is 13.8 Å². The first-order valence-corrected chi connectivity index (χ1v) is 5.52. The van der Waals surface area contributed by atoms with Crippen LogP contribution in [-0.2, 0) is 4.79 Å². The zero-order chi connectivity index (χ0) is 14.6. The van der Waals surface area contributed by atoms with Gasteiger partial charge in [0, 0.05) is 6.07 Å². The molecule has 0 aromatic heterocycles. The minimum Gasteiger partial charge on any atom is -0.493 e. The Morgan fingerprint density at radius 3 is 2.11 bits per heavy atom. The molecule has 0 amide bonds. The summed E-state index contributed by atoms with van der Waals surface area (Å²) in [7, 11) is 2.75. The molecule has 1 rings (SSSR count). The van der Waals surface area contributed by atoms with Crippen LogP contribution in [0.1, 0.15) is 13.8 Å². The van der Waals surface area contributed by atoms with Gasteiger partial charge in [0.05, 0.1) is 31.1 Å². The minimum atomic E-state index is -0.648. The fourth-order valence-corrected chi connectivity index (χ4v) is 1.30. The van der Waals surface area contributed by atoms with Crippen molar-refractivity contribution in [3.8, 4) is 17.2 Å². The second-order valence-corrected chi connectivity index (χ2v) is 4.01. The van der Waals surface area contributed by atoms with Gasteiger partial charge in [0.1, 0.15) is 0 Å². The Balaban J connectivity index is 3.27. The van der Waals surface area contributed by atoms with Gasteiger partial charge in [-0.3, -0.25) is 14.9 Å². The molecule has 0 saturated carbocycles. The number of methoxy groups -OCH3 is 2. The summed E-state index contributed by atoms with van der Waals surface area (Å²) in [6.45, 7) is 3.27. The Morgan fingerprint density at radius 1 is 1.16 bits per heavy atom. The largest absolute Gasteiger partial charge is 0.493 e. The zero-order valence-corrected chi connectivity index (χ0v) is 11.1. The van der Waals surface area contributed by atoms with E-state index >= 15 is 0 Å². The van der Waals surface area contributed by atoms with Crippen LogP contribution >= 0.6 is 0 Å². The summed E-state index contributed by atoms with van der Waals surface area (Å²) in [6, 6.07) is 2.42. The summed E-state index contributed by atoms with van der Waals surface area (Å²) in [5, 5.41) is 11.0. The number of rotatable bonds is 5. The third kappa shape index (κ3) is 3.34. The highest BCUT2D eigenvalue weighted by Gasteiger charge is 2.23. The summed E-state index contributed by atoms with van der Waals surface area (Å²) in [6.07, 6.45) is 0. The lowest BCUT2D eigenvalue weighted by atomic mass is 10.2. The van der Waals surface area contributed by atoms with E-state index in [0.717, 1.165) is 6.07 Å². The highest BCUT2D eigenvalue weighted by atomic mass is 16.6. The first kappa shape index (κ1) is 14.7. The van der Waals surface area contributed by atoms with Crippen LogP contribution in [0.2, 0.25) is 0 Å². The molecule has 0 heterocycles. The maximum absolute atomic E-state index is 11.5. The monoisotopic (exact) mass is 269 g/mol. The number of ether oxygens (including phenoxy) is 3. The Kier molecular flexibility index (Phi) is 4.68. The van der Waals surface area contributed by atoms with Crippen molar-refractivity contribution in [1.82, 2.24) is 0 Å².